The van der Waals surface area contributed by atoms with E-state index >= 15 is 0 Å². The van der Waals surface area contributed by atoms with Gasteiger partial charge in [0.15, 0.2) is 6.29 Å². The van der Waals surface area contributed by atoms with E-state index in [1.54, 1.807) is 6.92 Å². The summed E-state index contributed by atoms with van der Waals surface area (Å²) in [4.78, 5) is 0. The predicted octanol–water partition coefficient (Wildman–Crippen LogP) is 2.48. The molecule has 0 aliphatic heterocycles. The molecule has 0 aromatic heterocycles. The highest BCUT2D eigenvalue weighted by Crippen LogP contribution is 2.06. The summed E-state index contributed by atoms with van der Waals surface area (Å²) in [7, 11) is 0. The number of hydrogen-bond acceptors (Lipinski definition) is 2. The Bertz CT molecular complexity index is 119. The first kappa shape index (κ1) is 11.7. The quantitative estimate of drug-likeness (QED) is 0.492. The standard InChI is InChI=1S/C10H20O2/c1-4-6-7-8-10(5-2)12-9(3)11/h6-7,9-11H,4-5,8H2,1-3H3/b7-6+. The van der Waals surface area contributed by atoms with Crippen LogP contribution in [0, 0.1) is 0 Å². The van der Waals surface area contributed by atoms with Gasteiger partial charge in [-0.2, -0.15) is 0 Å². The van der Waals surface area contributed by atoms with Gasteiger partial charge in [0.1, 0.15) is 0 Å². The van der Waals surface area contributed by atoms with Crippen molar-refractivity contribution >= 4 is 0 Å². The first-order chi connectivity index (χ1) is 5.70. The van der Waals surface area contributed by atoms with Crippen molar-refractivity contribution in [2.24, 2.45) is 0 Å². The molecule has 0 saturated carbocycles. The second-order valence-electron chi connectivity index (χ2n) is 2.88. The Morgan fingerprint density at radius 3 is 2.42 bits per heavy atom. The summed E-state index contributed by atoms with van der Waals surface area (Å²) in [5.41, 5.74) is 0. The number of aliphatic hydroxyl groups excluding tert-OH is 1. The molecule has 0 aliphatic carbocycles. The van der Waals surface area contributed by atoms with Crippen LogP contribution in [0.3, 0.4) is 0 Å². The molecule has 0 aromatic rings. The van der Waals surface area contributed by atoms with Crippen LogP contribution in [0.25, 0.3) is 0 Å². The van der Waals surface area contributed by atoms with E-state index in [0.29, 0.717) is 0 Å². The maximum absolute atomic E-state index is 8.96. The Labute approximate surface area is 75.2 Å². The van der Waals surface area contributed by atoms with Gasteiger partial charge in [0.25, 0.3) is 0 Å². The lowest BCUT2D eigenvalue weighted by atomic mass is 10.2. The first-order valence-electron chi connectivity index (χ1n) is 4.69. The molecule has 12 heavy (non-hydrogen) atoms. The van der Waals surface area contributed by atoms with Gasteiger partial charge in [-0.05, 0) is 26.2 Å². The number of aliphatic hydroxyl groups is 1. The molecule has 0 amide bonds. The van der Waals surface area contributed by atoms with Crippen LogP contribution in [0.4, 0.5) is 0 Å². The highest BCUT2D eigenvalue weighted by atomic mass is 16.6. The van der Waals surface area contributed by atoms with Crippen molar-refractivity contribution in [2.75, 3.05) is 0 Å². The summed E-state index contributed by atoms with van der Waals surface area (Å²) in [5.74, 6) is 0. The van der Waals surface area contributed by atoms with E-state index in [-0.39, 0.29) is 6.10 Å². The Morgan fingerprint density at radius 2 is 2.00 bits per heavy atom. The smallest absolute Gasteiger partial charge is 0.152 e. The maximum atomic E-state index is 8.96. The molecule has 0 aromatic carbocycles. The molecular formula is C10H20O2. The molecule has 72 valence electrons. The maximum Gasteiger partial charge on any atom is 0.152 e. The summed E-state index contributed by atoms with van der Waals surface area (Å²) < 4.78 is 5.25. The summed E-state index contributed by atoms with van der Waals surface area (Å²) in [6.07, 6.45) is 6.64. The predicted molar refractivity (Wildman–Crippen MR) is 50.9 cm³/mol. The van der Waals surface area contributed by atoms with Crippen molar-refractivity contribution in [3.05, 3.63) is 12.2 Å². The van der Waals surface area contributed by atoms with Crippen molar-refractivity contribution in [2.45, 2.75) is 52.4 Å². The zero-order chi connectivity index (χ0) is 9.40. The van der Waals surface area contributed by atoms with E-state index in [0.717, 1.165) is 19.3 Å². The lowest BCUT2D eigenvalue weighted by Gasteiger charge is -2.15. The SMILES string of the molecule is CC/C=C/CC(CC)OC(C)O. The molecule has 0 heterocycles. The van der Waals surface area contributed by atoms with Crippen molar-refractivity contribution in [3.8, 4) is 0 Å². The Morgan fingerprint density at radius 1 is 1.33 bits per heavy atom. The number of allylic oxidation sites excluding steroid dienone is 1. The molecule has 0 spiro atoms. The zero-order valence-electron chi connectivity index (χ0n) is 8.29. The first-order valence-corrected chi connectivity index (χ1v) is 4.69. The Hall–Kier alpha value is -0.340. The highest BCUT2D eigenvalue weighted by molar-refractivity contribution is 4.83. The molecule has 2 atom stereocenters. The topological polar surface area (TPSA) is 29.5 Å². The van der Waals surface area contributed by atoms with E-state index < -0.39 is 6.29 Å². The van der Waals surface area contributed by atoms with Gasteiger partial charge in [0.2, 0.25) is 0 Å². The van der Waals surface area contributed by atoms with Crippen LogP contribution in [0.5, 0.6) is 0 Å². The van der Waals surface area contributed by atoms with Crippen molar-refractivity contribution in [1.82, 2.24) is 0 Å². The van der Waals surface area contributed by atoms with Crippen LogP contribution >= 0.6 is 0 Å². The highest BCUT2D eigenvalue weighted by Gasteiger charge is 2.06. The summed E-state index contributed by atoms with van der Waals surface area (Å²) >= 11 is 0. The van der Waals surface area contributed by atoms with Gasteiger partial charge in [-0.3, -0.25) is 0 Å². The molecule has 0 radical (unpaired) electrons. The lowest BCUT2D eigenvalue weighted by Crippen LogP contribution is -2.17. The van der Waals surface area contributed by atoms with E-state index in [2.05, 4.69) is 26.0 Å². The van der Waals surface area contributed by atoms with Crippen LogP contribution in [0.1, 0.15) is 40.0 Å². The Balaban J connectivity index is 3.60. The zero-order valence-corrected chi connectivity index (χ0v) is 8.29. The van der Waals surface area contributed by atoms with E-state index in [4.69, 9.17) is 9.84 Å². The van der Waals surface area contributed by atoms with Crippen LogP contribution in [-0.4, -0.2) is 17.5 Å². The number of hydrogen-bond donors (Lipinski definition) is 1. The molecule has 0 rings (SSSR count). The molecule has 2 nitrogen and oxygen atoms in total. The molecule has 0 aliphatic rings. The molecule has 2 unspecified atom stereocenters. The van der Waals surface area contributed by atoms with Gasteiger partial charge in [-0.25, -0.2) is 0 Å². The van der Waals surface area contributed by atoms with Crippen LogP contribution in [-0.2, 0) is 4.74 Å². The Kier molecular flexibility index (Phi) is 7.11. The van der Waals surface area contributed by atoms with Crippen molar-refractivity contribution in [3.63, 3.8) is 0 Å². The fourth-order valence-electron chi connectivity index (χ4n) is 1.01. The third-order valence-electron chi connectivity index (χ3n) is 1.65. The third kappa shape index (κ3) is 6.38. The number of ether oxygens (including phenoxy) is 1. The van der Waals surface area contributed by atoms with Gasteiger partial charge >= 0.3 is 0 Å². The molecule has 0 saturated heterocycles. The monoisotopic (exact) mass is 172 g/mol. The fourth-order valence-corrected chi connectivity index (χ4v) is 1.01. The minimum absolute atomic E-state index is 0.160. The summed E-state index contributed by atoms with van der Waals surface area (Å²) in [5, 5.41) is 8.96. The van der Waals surface area contributed by atoms with Crippen LogP contribution in [0.2, 0.25) is 0 Å². The van der Waals surface area contributed by atoms with Gasteiger partial charge in [-0.15, -0.1) is 0 Å². The minimum atomic E-state index is -0.648. The molecule has 0 bridgehead atoms. The van der Waals surface area contributed by atoms with E-state index in [1.807, 2.05) is 0 Å². The second-order valence-corrected chi connectivity index (χ2v) is 2.88. The van der Waals surface area contributed by atoms with E-state index in [1.165, 1.54) is 0 Å². The van der Waals surface area contributed by atoms with Crippen LogP contribution < -0.4 is 0 Å². The third-order valence-corrected chi connectivity index (χ3v) is 1.65. The average Bonchev–Trinajstić information content (AvgIpc) is 2.02. The minimum Gasteiger partial charge on any atom is -0.368 e. The molecule has 0 fully saturated rings. The molecular weight excluding hydrogens is 152 g/mol. The average molecular weight is 172 g/mol. The van der Waals surface area contributed by atoms with Gasteiger partial charge < -0.3 is 9.84 Å². The lowest BCUT2D eigenvalue weighted by molar-refractivity contribution is -0.123. The van der Waals surface area contributed by atoms with Gasteiger partial charge in [0.05, 0.1) is 6.10 Å². The fraction of sp³-hybridized carbons (Fsp3) is 0.800. The summed E-state index contributed by atoms with van der Waals surface area (Å²) in [6.45, 7) is 5.81. The van der Waals surface area contributed by atoms with Crippen LogP contribution in [0.15, 0.2) is 12.2 Å². The molecule has 1 N–H and O–H groups in total. The van der Waals surface area contributed by atoms with Crippen molar-refractivity contribution in [1.29, 1.82) is 0 Å². The molecule has 2 heteroatoms. The van der Waals surface area contributed by atoms with Gasteiger partial charge in [-0.1, -0.05) is 26.0 Å². The van der Waals surface area contributed by atoms with E-state index in [9.17, 15) is 0 Å². The normalized spacial score (nSPS) is 16.7. The van der Waals surface area contributed by atoms with Gasteiger partial charge in [0, 0.05) is 0 Å². The second kappa shape index (κ2) is 7.32. The number of rotatable bonds is 6. The van der Waals surface area contributed by atoms with Crippen molar-refractivity contribution < 1.29 is 9.84 Å². The summed E-state index contributed by atoms with van der Waals surface area (Å²) in [6, 6.07) is 0. The largest absolute Gasteiger partial charge is 0.368 e.